The van der Waals surface area contributed by atoms with Crippen LogP contribution in [0.5, 0.6) is 0 Å². The van der Waals surface area contributed by atoms with Crippen molar-refractivity contribution in [3.05, 3.63) is 21.9 Å². The van der Waals surface area contributed by atoms with Crippen LogP contribution in [0.4, 0.5) is 0 Å². The van der Waals surface area contributed by atoms with Crippen LogP contribution in [-0.2, 0) is 16.1 Å². The van der Waals surface area contributed by atoms with Gasteiger partial charge in [-0.3, -0.25) is 10.1 Å². The molecule has 0 saturated carbocycles. The Balaban J connectivity index is 2.44. The largest absolute Gasteiger partial charge is 0.468 e. The average Bonchev–Trinajstić information content (AvgIpc) is 2.64. The highest BCUT2D eigenvalue weighted by Crippen LogP contribution is 2.14. The standard InChI is InChI=1S/C11H17NO2S/c1-4-10(11(13)14-3)12-7-9-6-5-8(2)15-9/h5-6,10,12H,4,7H2,1-3H3. The average molecular weight is 227 g/mol. The van der Waals surface area contributed by atoms with E-state index in [9.17, 15) is 4.79 Å². The maximum absolute atomic E-state index is 11.3. The molecule has 3 nitrogen and oxygen atoms in total. The molecule has 1 atom stereocenters. The minimum atomic E-state index is -0.197. The van der Waals surface area contributed by atoms with Crippen molar-refractivity contribution in [1.82, 2.24) is 5.32 Å². The number of hydrogen-bond acceptors (Lipinski definition) is 4. The minimum Gasteiger partial charge on any atom is -0.468 e. The second-order valence-corrected chi connectivity index (χ2v) is 4.75. The van der Waals surface area contributed by atoms with Crippen molar-refractivity contribution in [3.8, 4) is 0 Å². The van der Waals surface area contributed by atoms with Crippen LogP contribution >= 0.6 is 11.3 Å². The molecule has 0 spiro atoms. The SMILES string of the molecule is CCC(NCc1ccc(C)s1)C(=O)OC. The van der Waals surface area contributed by atoms with E-state index in [-0.39, 0.29) is 12.0 Å². The normalized spacial score (nSPS) is 12.5. The van der Waals surface area contributed by atoms with Gasteiger partial charge in [0.05, 0.1) is 7.11 Å². The lowest BCUT2D eigenvalue weighted by Crippen LogP contribution is -2.36. The van der Waals surface area contributed by atoms with Crippen LogP contribution in [0.3, 0.4) is 0 Å². The lowest BCUT2D eigenvalue weighted by atomic mass is 10.2. The van der Waals surface area contributed by atoms with Gasteiger partial charge in [0.1, 0.15) is 6.04 Å². The van der Waals surface area contributed by atoms with E-state index in [4.69, 9.17) is 4.74 Å². The topological polar surface area (TPSA) is 38.3 Å². The number of aryl methyl sites for hydroxylation is 1. The summed E-state index contributed by atoms with van der Waals surface area (Å²) < 4.78 is 4.70. The molecule has 4 heteroatoms. The van der Waals surface area contributed by atoms with Crippen molar-refractivity contribution in [2.75, 3.05) is 7.11 Å². The van der Waals surface area contributed by atoms with Crippen molar-refractivity contribution < 1.29 is 9.53 Å². The molecule has 0 bridgehead atoms. The summed E-state index contributed by atoms with van der Waals surface area (Å²) in [4.78, 5) is 13.8. The first-order valence-corrected chi connectivity index (χ1v) is 5.85. The summed E-state index contributed by atoms with van der Waals surface area (Å²) in [5, 5.41) is 3.19. The van der Waals surface area contributed by atoms with E-state index < -0.39 is 0 Å². The summed E-state index contributed by atoms with van der Waals surface area (Å²) in [7, 11) is 1.42. The number of esters is 1. The molecule has 1 heterocycles. The van der Waals surface area contributed by atoms with E-state index >= 15 is 0 Å². The van der Waals surface area contributed by atoms with Crippen molar-refractivity contribution in [3.63, 3.8) is 0 Å². The Morgan fingerprint density at radius 2 is 2.33 bits per heavy atom. The predicted octanol–water partition coefficient (Wildman–Crippen LogP) is 2.10. The Bertz CT molecular complexity index is 322. The summed E-state index contributed by atoms with van der Waals surface area (Å²) in [6.45, 7) is 4.77. The third-order valence-corrected chi connectivity index (χ3v) is 3.21. The van der Waals surface area contributed by atoms with Crippen molar-refractivity contribution in [2.45, 2.75) is 32.9 Å². The molecule has 84 valence electrons. The van der Waals surface area contributed by atoms with Crippen molar-refractivity contribution >= 4 is 17.3 Å². The molecular weight excluding hydrogens is 210 g/mol. The molecule has 0 amide bonds. The zero-order valence-corrected chi connectivity index (χ0v) is 10.2. The molecule has 1 N–H and O–H groups in total. The van der Waals surface area contributed by atoms with Gasteiger partial charge in [-0.05, 0) is 25.5 Å². The van der Waals surface area contributed by atoms with Gasteiger partial charge >= 0.3 is 5.97 Å². The maximum atomic E-state index is 11.3. The number of rotatable bonds is 5. The maximum Gasteiger partial charge on any atom is 0.322 e. The minimum absolute atomic E-state index is 0.189. The summed E-state index contributed by atoms with van der Waals surface area (Å²) in [6.07, 6.45) is 0.747. The Morgan fingerprint density at radius 3 is 2.80 bits per heavy atom. The van der Waals surface area contributed by atoms with E-state index in [1.807, 2.05) is 6.92 Å². The van der Waals surface area contributed by atoms with Gasteiger partial charge in [-0.25, -0.2) is 0 Å². The number of methoxy groups -OCH3 is 1. The zero-order valence-electron chi connectivity index (χ0n) is 9.37. The first kappa shape index (κ1) is 12.2. The van der Waals surface area contributed by atoms with Crippen LogP contribution in [0.25, 0.3) is 0 Å². The fourth-order valence-corrected chi connectivity index (χ4v) is 2.18. The Morgan fingerprint density at radius 1 is 1.60 bits per heavy atom. The highest BCUT2D eigenvalue weighted by atomic mass is 32.1. The van der Waals surface area contributed by atoms with E-state index in [0.717, 1.165) is 13.0 Å². The Hall–Kier alpha value is -0.870. The number of nitrogens with one attached hydrogen (secondary N) is 1. The fraction of sp³-hybridized carbons (Fsp3) is 0.545. The van der Waals surface area contributed by atoms with Gasteiger partial charge < -0.3 is 4.74 Å². The fourth-order valence-electron chi connectivity index (χ4n) is 1.34. The van der Waals surface area contributed by atoms with E-state index in [2.05, 4.69) is 24.4 Å². The third kappa shape index (κ3) is 3.64. The van der Waals surface area contributed by atoms with Crippen molar-refractivity contribution in [2.24, 2.45) is 0 Å². The molecule has 0 aliphatic heterocycles. The molecule has 1 aromatic rings. The number of carbonyl (C=O) groups is 1. The lowest BCUT2D eigenvalue weighted by molar-refractivity contribution is -0.143. The zero-order chi connectivity index (χ0) is 11.3. The van der Waals surface area contributed by atoms with Gasteiger partial charge in [-0.1, -0.05) is 6.92 Å². The smallest absolute Gasteiger partial charge is 0.322 e. The summed E-state index contributed by atoms with van der Waals surface area (Å²) >= 11 is 1.74. The van der Waals surface area contributed by atoms with Gasteiger partial charge in [0.15, 0.2) is 0 Å². The molecule has 1 rings (SSSR count). The van der Waals surface area contributed by atoms with Gasteiger partial charge in [0.2, 0.25) is 0 Å². The molecule has 0 radical (unpaired) electrons. The number of hydrogen-bond donors (Lipinski definition) is 1. The van der Waals surface area contributed by atoms with Crippen LogP contribution in [-0.4, -0.2) is 19.1 Å². The first-order valence-electron chi connectivity index (χ1n) is 5.04. The van der Waals surface area contributed by atoms with Crippen LogP contribution in [0.15, 0.2) is 12.1 Å². The Kier molecular flexibility index (Phi) is 4.78. The molecule has 0 aliphatic carbocycles. The van der Waals surface area contributed by atoms with E-state index in [0.29, 0.717) is 0 Å². The van der Waals surface area contributed by atoms with Crippen LogP contribution in [0.2, 0.25) is 0 Å². The molecule has 0 aromatic carbocycles. The quantitative estimate of drug-likeness (QED) is 0.783. The summed E-state index contributed by atoms with van der Waals surface area (Å²) in [5.74, 6) is -0.189. The highest BCUT2D eigenvalue weighted by molar-refractivity contribution is 7.11. The van der Waals surface area contributed by atoms with Gasteiger partial charge in [0, 0.05) is 16.3 Å². The first-order chi connectivity index (χ1) is 7.17. The van der Waals surface area contributed by atoms with E-state index in [1.165, 1.54) is 16.9 Å². The number of ether oxygens (including phenoxy) is 1. The lowest BCUT2D eigenvalue weighted by Gasteiger charge is -2.13. The molecule has 0 saturated heterocycles. The predicted molar refractivity (Wildman–Crippen MR) is 62.0 cm³/mol. The summed E-state index contributed by atoms with van der Waals surface area (Å²) in [5.41, 5.74) is 0. The summed E-state index contributed by atoms with van der Waals surface area (Å²) in [6, 6.07) is 3.97. The van der Waals surface area contributed by atoms with Crippen LogP contribution in [0, 0.1) is 6.92 Å². The van der Waals surface area contributed by atoms with Gasteiger partial charge in [-0.2, -0.15) is 0 Å². The van der Waals surface area contributed by atoms with Gasteiger partial charge in [0.25, 0.3) is 0 Å². The van der Waals surface area contributed by atoms with Crippen LogP contribution in [0.1, 0.15) is 23.1 Å². The molecular formula is C11H17NO2S. The molecule has 1 aromatic heterocycles. The monoisotopic (exact) mass is 227 g/mol. The number of carbonyl (C=O) groups excluding carboxylic acids is 1. The molecule has 0 aliphatic rings. The second kappa shape index (κ2) is 5.88. The molecule has 15 heavy (non-hydrogen) atoms. The number of thiophene rings is 1. The second-order valence-electron chi connectivity index (χ2n) is 3.38. The third-order valence-electron chi connectivity index (χ3n) is 2.21. The highest BCUT2D eigenvalue weighted by Gasteiger charge is 2.15. The van der Waals surface area contributed by atoms with E-state index in [1.54, 1.807) is 11.3 Å². The molecule has 1 unspecified atom stereocenters. The van der Waals surface area contributed by atoms with Crippen molar-refractivity contribution in [1.29, 1.82) is 0 Å². The van der Waals surface area contributed by atoms with Gasteiger partial charge in [-0.15, -0.1) is 11.3 Å². The molecule has 0 fully saturated rings. The Labute approximate surface area is 94.5 Å². The van der Waals surface area contributed by atoms with Crippen LogP contribution < -0.4 is 5.32 Å².